The summed E-state index contributed by atoms with van der Waals surface area (Å²) in [5.41, 5.74) is 5.16. The van der Waals surface area contributed by atoms with Crippen molar-refractivity contribution in [2.75, 3.05) is 18.9 Å². The van der Waals surface area contributed by atoms with Crippen molar-refractivity contribution < 1.29 is 17.5 Å². The Kier molecular flexibility index (Phi) is 5.72. The SMILES string of the molecule is CCOCC(C)NS(=O)(=O)c1cc(N)c(F)cc1Br. The Morgan fingerprint density at radius 1 is 1.53 bits per heavy atom. The van der Waals surface area contributed by atoms with E-state index in [9.17, 15) is 12.8 Å². The first kappa shape index (κ1) is 16.4. The monoisotopic (exact) mass is 354 g/mol. The second-order valence-electron chi connectivity index (χ2n) is 3.99. The second-order valence-corrected chi connectivity index (χ2v) is 6.52. The fraction of sp³-hybridized carbons (Fsp3) is 0.455. The van der Waals surface area contributed by atoms with Gasteiger partial charge in [-0.05, 0) is 41.9 Å². The van der Waals surface area contributed by atoms with Crippen molar-refractivity contribution in [3.05, 3.63) is 22.4 Å². The van der Waals surface area contributed by atoms with Crippen LogP contribution in [0.25, 0.3) is 0 Å². The van der Waals surface area contributed by atoms with Crippen LogP contribution in [0.4, 0.5) is 10.1 Å². The lowest BCUT2D eigenvalue weighted by molar-refractivity contribution is 0.133. The van der Waals surface area contributed by atoms with E-state index >= 15 is 0 Å². The first-order valence-electron chi connectivity index (χ1n) is 5.62. The maximum Gasteiger partial charge on any atom is 0.242 e. The number of nitrogens with two attached hydrogens (primary N) is 1. The summed E-state index contributed by atoms with van der Waals surface area (Å²) in [6.45, 7) is 4.25. The minimum absolute atomic E-state index is 0.102. The molecule has 3 N–H and O–H groups in total. The molecular weight excluding hydrogens is 339 g/mol. The second kappa shape index (κ2) is 6.65. The van der Waals surface area contributed by atoms with Crippen molar-refractivity contribution in [1.82, 2.24) is 4.72 Å². The van der Waals surface area contributed by atoms with E-state index in [0.717, 1.165) is 12.1 Å². The van der Waals surface area contributed by atoms with Gasteiger partial charge in [-0.3, -0.25) is 0 Å². The number of benzene rings is 1. The number of nitrogen functional groups attached to an aromatic ring is 1. The van der Waals surface area contributed by atoms with Crippen LogP contribution in [-0.4, -0.2) is 27.7 Å². The Morgan fingerprint density at radius 2 is 2.16 bits per heavy atom. The van der Waals surface area contributed by atoms with Crippen molar-refractivity contribution in [3.8, 4) is 0 Å². The Bertz CT molecular complexity index is 551. The quantitative estimate of drug-likeness (QED) is 0.764. The molecule has 1 unspecified atom stereocenters. The average Bonchev–Trinajstić information content (AvgIpc) is 2.30. The number of anilines is 1. The molecule has 0 aliphatic carbocycles. The number of rotatable bonds is 6. The van der Waals surface area contributed by atoms with Gasteiger partial charge in [0, 0.05) is 17.1 Å². The minimum Gasteiger partial charge on any atom is -0.396 e. The smallest absolute Gasteiger partial charge is 0.242 e. The topological polar surface area (TPSA) is 81.4 Å². The van der Waals surface area contributed by atoms with E-state index in [2.05, 4.69) is 20.7 Å². The van der Waals surface area contributed by atoms with Gasteiger partial charge in [0.1, 0.15) is 5.82 Å². The van der Waals surface area contributed by atoms with Crippen LogP contribution in [0.5, 0.6) is 0 Å². The fourth-order valence-electron chi connectivity index (χ4n) is 1.41. The molecule has 19 heavy (non-hydrogen) atoms. The highest BCUT2D eigenvalue weighted by Gasteiger charge is 2.21. The van der Waals surface area contributed by atoms with E-state index in [1.165, 1.54) is 0 Å². The molecule has 0 spiro atoms. The standard InChI is InChI=1S/C11H16BrFN2O3S/c1-3-18-6-7(2)15-19(16,17)11-5-10(14)9(13)4-8(11)12/h4-5,7,15H,3,6,14H2,1-2H3. The Labute approximate surface area is 120 Å². The molecule has 5 nitrogen and oxygen atoms in total. The number of ether oxygens (including phenoxy) is 1. The largest absolute Gasteiger partial charge is 0.396 e. The summed E-state index contributed by atoms with van der Waals surface area (Å²) in [6, 6.07) is 1.70. The highest BCUT2D eigenvalue weighted by Crippen LogP contribution is 2.26. The van der Waals surface area contributed by atoms with Gasteiger partial charge in [-0.15, -0.1) is 0 Å². The normalized spacial score (nSPS) is 13.5. The zero-order chi connectivity index (χ0) is 14.6. The molecule has 0 saturated heterocycles. The molecule has 0 aliphatic heterocycles. The van der Waals surface area contributed by atoms with E-state index in [0.29, 0.717) is 6.61 Å². The van der Waals surface area contributed by atoms with Crippen molar-refractivity contribution in [2.24, 2.45) is 0 Å². The van der Waals surface area contributed by atoms with Gasteiger partial charge < -0.3 is 10.5 Å². The molecule has 0 fully saturated rings. The summed E-state index contributed by atoms with van der Waals surface area (Å²) < 4.78 is 45.1. The van der Waals surface area contributed by atoms with E-state index in [1.54, 1.807) is 6.92 Å². The summed E-state index contributed by atoms with van der Waals surface area (Å²) in [5, 5.41) is 0. The lowest BCUT2D eigenvalue weighted by Gasteiger charge is -2.15. The van der Waals surface area contributed by atoms with Crippen LogP contribution in [-0.2, 0) is 14.8 Å². The van der Waals surface area contributed by atoms with Crippen LogP contribution in [0, 0.1) is 5.82 Å². The summed E-state index contributed by atoms with van der Waals surface area (Å²) >= 11 is 3.01. The maximum absolute atomic E-state index is 13.2. The van der Waals surface area contributed by atoms with Crippen LogP contribution in [0.1, 0.15) is 13.8 Å². The van der Waals surface area contributed by atoms with Crippen LogP contribution in [0.15, 0.2) is 21.5 Å². The predicted octanol–water partition coefficient (Wildman–Crippen LogP) is 1.87. The van der Waals surface area contributed by atoms with Gasteiger partial charge in [0.25, 0.3) is 0 Å². The predicted molar refractivity (Wildman–Crippen MR) is 74.8 cm³/mol. The molecule has 0 bridgehead atoms. The third kappa shape index (κ3) is 4.41. The molecule has 0 aromatic heterocycles. The maximum atomic E-state index is 13.2. The van der Waals surface area contributed by atoms with Crippen LogP contribution < -0.4 is 10.5 Å². The van der Waals surface area contributed by atoms with E-state index in [1.807, 2.05) is 6.92 Å². The summed E-state index contributed by atoms with van der Waals surface area (Å²) in [7, 11) is -3.78. The number of sulfonamides is 1. The fourth-order valence-corrected chi connectivity index (χ4v) is 3.69. The van der Waals surface area contributed by atoms with E-state index in [-0.39, 0.29) is 21.7 Å². The molecule has 0 radical (unpaired) electrons. The molecule has 1 aromatic carbocycles. The van der Waals surface area contributed by atoms with Gasteiger partial charge in [-0.2, -0.15) is 0 Å². The number of halogens is 2. The Morgan fingerprint density at radius 3 is 2.74 bits per heavy atom. The number of nitrogens with one attached hydrogen (secondary N) is 1. The van der Waals surface area contributed by atoms with E-state index in [4.69, 9.17) is 10.5 Å². The van der Waals surface area contributed by atoms with Crippen LogP contribution in [0.3, 0.4) is 0 Å². The Hall–Kier alpha value is -0.700. The minimum atomic E-state index is -3.78. The van der Waals surface area contributed by atoms with Gasteiger partial charge in [0.2, 0.25) is 10.0 Å². The van der Waals surface area contributed by atoms with Gasteiger partial charge in [0.15, 0.2) is 0 Å². The van der Waals surface area contributed by atoms with Crippen molar-refractivity contribution >= 4 is 31.6 Å². The molecule has 1 aromatic rings. The van der Waals surface area contributed by atoms with Gasteiger partial charge in [-0.1, -0.05) is 0 Å². The van der Waals surface area contributed by atoms with E-state index < -0.39 is 21.9 Å². The zero-order valence-corrected chi connectivity index (χ0v) is 13.0. The van der Waals surface area contributed by atoms with Gasteiger partial charge in [-0.25, -0.2) is 17.5 Å². The van der Waals surface area contributed by atoms with Gasteiger partial charge >= 0.3 is 0 Å². The molecule has 0 amide bonds. The number of hydrogen-bond donors (Lipinski definition) is 2. The molecule has 108 valence electrons. The summed E-state index contributed by atoms with van der Waals surface area (Å²) in [5.74, 6) is -0.673. The van der Waals surface area contributed by atoms with Crippen molar-refractivity contribution in [3.63, 3.8) is 0 Å². The lowest BCUT2D eigenvalue weighted by Crippen LogP contribution is -2.36. The number of hydrogen-bond acceptors (Lipinski definition) is 4. The highest BCUT2D eigenvalue weighted by molar-refractivity contribution is 9.10. The molecular formula is C11H16BrFN2O3S. The average molecular weight is 355 g/mol. The van der Waals surface area contributed by atoms with Crippen LogP contribution >= 0.6 is 15.9 Å². The first-order valence-corrected chi connectivity index (χ1v) is 7.90. The highest BCUT2D eigenvalue weighted by atomic mass is 79.9. The molecule has 0 saturated carbocycles. The summed E-state index contributed by atoms with van der Waals surface area (Å²) in [4.78, 5) is -0.102. The van der Waals surface area contributed by atoms with Crippen LogP contribution in [0.2, 0.25) is 0 Å². The molecule has 0 heterocycles. The molecule has 0 aliphatic rings. The zero-order valence-electron chi connectivity index (χ0n) is 10.6. The third-order valence-corrected chi connectivity index (χ3v) is 4.82. The van der Waals surface area contributed by atoms with Crippen molar-refractivity contribution in [2.45, 2.75) is 24.8 Å². The summed E-state index contributed by atoms with van der Waals surface area (Å²) in [6.07, 6.45) is 0. The molecule has 8 heteroatoms. The molecule has 1 atom stereocenters. The molecule has 1 rings (SSSR count). The van der Waals surface area contributed by atoms with Gasteiger partial charge in [0.05, 0.1) is 17.2 Å². The Balaban J connectivity index is 2.98. The lowest BCUT2D eigenvalue weighted by atomic mass is 10.3. The first-order chi connectivity index (χ1) is 8.77. The third-order valence-electron chi connectivity index (χ3n) is 2.27. The van der Waals surface area contributed by atoms with Crippen molar-refractivity contribution in [1.29, 1.82) is 0 Å².